The van der Waals surface area contributed by atoms with Crippen molar-refractivity contribution in [3.8, 4) is 0 Å². The maximum atomic E-state index is 12.7. The van der Waals surface area contributed by atoms with E-state index in [1.54, 1.807) is 13.8 Å². The van der Waals surface area contributed by atoms with E-state index in [0.717, 1.165) is 0 Å². The summed E-state index contributed by atoms with van der Waals surface area (Å²) in [5.74, 6) is -10.2. The molecule has 0 aromatic rings. The predicted molar refractivity (Wildman–Crippen MR) is 42.5 cm³/mol. The molecule has 1 unspecified atom stereocenters. The number of ketones is 1. The molecule has 0 bridgehead atoms. The molecule has 1 aliphatic rings. The molecule has 0 N–H and O–H groups in total. The fourth-order valence-electron chi connectivity index (χ4n) is 1.42. The number of halogens is 4. The zero-order valence-electron chi connectivity index (χ0n) is 7.99. The minimum absolute atomic E-state index is 0.375. The molecule has 82 valence electrons. The number of Topliss-reactive ketones (excluding diaryl/α,β-unsaturated/α-hetero) is 1. The highest BCUT2D eigenvalue weighted by molar-refractivity contribution is 5.80. The molecule has 1 rings (SSSR count). The molecule has 14 heavy (non-hydrogen) atoms. The Morgan fingerprint density at radius 2 is 1.86 bits per heavy atom. The Hall–Kier alpha value is -0.610. The molecule has 0 heterocycles. The van der Waals surface area contributed by atoms with E-state index in [0.29, 0.717) is 0 Å². The Kier molecular flexibility index (Phi) is 2.63. The number of carbonyl (C=O) groups excluding carboxylic acids is 1. The fraction of sp³-hybridized carbons (Fsp3) is 0.889. The van der Waals surface area contributed by atoms with Gasteiger partial charge in [0.25, 0.3) is 0 Å². The summed E-state index contributed by atoms with van der Waals surface area (Å²) < 4.78 is 50.1. The molecule has 1 fully saturated rings. The van der Waals surface area contributed by atoms with Crippen molar-refractivity contribution in [3.05, 3.63) is 0 Å². The molecule has 1 saturated carbocycles. The van der Waals surface area contributed by atoms with Gasteiger partial charge in [-0.2, -0.15) is 17.6 Å². The maximum Gasteiger partial charge on any atom is 0.313 e. The number of hydrogen-bond acceptors (Lipinski definition) is 1. The summed E-state index contributed by atoms with van der Waals surface area (Å²) in [6, 6.07) is 0. The largest absolute Gasteiger partial charge is 0.313 e. The first-order valence-electron chi connectivity index (χ1n) is 4.47. The van der Waals surface area contributed by atoms with Crippen molar-refractivity contribution < 1.29 is 22.4 Å². The SMILES string of the molecule is CC(C)C(=O)CC1CC(F)(F)C1(F)F. The van der Waals surface area contributed by atoms with Crippen LogP contribution in [0.3, 0.4) is 0 Å². The molecule has 0 saturated heterocycles. The average molecular weight is 212 g/mol. The summed E-state index contributed by atoms with van der Waals surface area (Å²) in [5, 5.41) is 0. The van der Waals surface area contributed by atoms with Gasteiger partial charge in [0.05, 0.1) is 0 Å². The number of carbonyl (C=O) groups is 1. The first-order chi connectivity index (χ1) is 6.18. The van der Waals surface area contributed by atoms with Crippen LogP contribution in [-0.2, 0) is 4.79 Å². The standard InChI is InChI=1S/C9H12F4O/c1-5(2)7(14)3-6-4-8(10,11)9(6,12)13/h5-6H,3-4H2,1-2H3. The Labute approximate surface area is 79.5 Å². The molecular formula is C9H12F4O. The van der Waals surface area contributed by atoms with E-state index in [1.165, 1.54) is 0 Å². The van der Waals surface area contributed by atoms with Crippen LogP contribution in [-0.4, -0.2) is 17.6 Å². The van der Waals surface area contributed by atoms with E-state index >= 15 is 0 Å². The van der Waals surface area contributed by atoms with Gasteiger partial charge in [-0.15, -0.1) is 0 Å². The molecular weight excluding hydrogens is 200 g/mol. The Balaban J connectivity index is 2.56. The van der Waals surface area contributed by atoms with Crippen LogP contribution < -0.4 is 0 Å². The maximum absolute atomic E-state index is 12.7. The van der Waals surface area contributed by atoms with Crippen molar-refractivity contribution >= 4 is 5.78 Å². The highest BCUT2D eigenvalue weighted by atomic mass is 19.3. The fourth-order valence-corrected chi connectivity index (χ4v) is 1.42. The van der Waals surface area contributed by atoms with Gasteiger partial charge in [-0.25, -0.2) is 0 Å². The first-order valence-corrected chi connectivity index (χ1v) is 4.47. The lowest BCUT2D eigenvalue weighted by molar-refractivity contribution is -0.313. The van der Waals surface area contributed by atoms with Gasteiger partial charge in [0.2, 0.25) is 0 Å². The Morgan fingerprint density at radius 3 is 2.14 bits per heavy atom. The summed E-state index contributed by atoms with van der Waals surface area (Å²) in [6.07, 6.45) is -1.32. The van der Waals surface area contributed by atoms with Gasteiger partial charge in [0, 0.05) is 24.7 Å². The number of alkyl halides is 4. The minimum Gasteiger partial charge on any atom is -0.299 e. The molecule has 1 atom stereocenters. The summed E-state index contributed by atoms with van der Waals surface area (Å²) in [7, 11) is 0. The van der Waals surface area contributed by atoms with Gasteiger partial charge in [-0.05, 0) is 0 Å². The summed E-state index contributed by atoms with van der Waals surface area (Å²) in [4.78, 5) is 11.1. The molecule has 1 nitrogen and oxygen atoms in total. The monoisotopic (exact) mass is 212 g/mol. The first kappa shape index (κ1) is 11.5. The number of hydrogen-bond donors (Lipinski definition) is 0. The zero-order chi connectivity index (χ0) is 11.1. The lowest BCUT2D eigenvalue weighted by atomic mass is 9.73. The second-order valence-corrected chi connectivity index (χ2v) is 4.05. The molecule has 0 aromatic carbocycles. The topological polar surface area (TPSA) is 17.1 Å². The molecule has 1 aliphatic carbocycles. The zero-order valence-corrected chi connectivity index (χ0v) is 7.99. The normalized spacial score (nSPS) is 28.6. The molecule has 5 heteroatoms. The van der Waals surface area contributed by atoms with Crippen molar-refractivity contribution in [2.24, 2.45) is 11.8 Å². The third-order valence-electron chi connectivity index (χ3n) is 2.59. The van der Waals surface area contributed by atoms with E-state index in [9.17, 15) is 22.4 Å². The molecule has 0 amide bonds. The van der Waals surface area contributed by atoms with Crippen LogP contribution in [0.2, 0.25) is 0 Å². The molecule has 0 aliphatic heterocycles. The molecule has 0 aromatic heterocycles. The van der Waals surface area contributed by atoms with E-state index < -0.39 is 30.6 Å². The van der Waals surface area contributed by atoms with Crippen LogP contribution in [0.5, 0.6) is 0 Å². The van der Waals surface area contributed by atoms with Gasteiger partial charge >= 0.3 is 11.8 Å². The van der Waals surface area contributed by atoms with Gasteiger partial charge in [0.1, 0.15) is 5.78 Å². The third kappa shape index (κ3) is 1.64. The van der Waals surface area contributed by atoms with Crippen LogP contribution in [0.4, 0.5) is 17.6 Å². The Bertz CT molecular complexity index is 247. The van der Waals surface area contributed by atoms with E-state index in [4.69, 9.17) is 0 Å². The lowest BCUT2D eigenvalue weighted by Crippen LogP contribution is -2.59. The van der Waals surface area contributed by atoms with E-state index in [2.05, 4.69) is 0 Å². The van der Waals surface area contributed by atoms with E-state index in [-0.39, 0.29) is 11.7 Å². The van der Waals surface area contributed by atoms with Crippen molar-refractivity contribution in [2.45, 2.75) is 38.5 Å². The summed E-state index contributed by atoms with van der Waals surface area (Å²) >= 11 is 0. The number of rotatable bonds is 3. The average Bonchev–Trinajstić information content (AvgIpc) is 2.02. The highest BCUT2D eigenvalue weighted by Gasteiger charge is 2.71. The van der Waals surface area contributed by atoms with Crippen LogP contribution in [0, 0.1) is 11.8 Å². The molecule has 0 radical (unpaired) electrons. The molecule has 0 spiro atoms. The van der Waals surface area contributed by atoms with Crippen molar-refractivity contribution in [3.63, 3.8) is 0 Å². The quantitative estimate of drug-likeness (QED) is 0.657. The second-order valence-electron chi connectivity index (χ2n) is 4.05. The van der Waals surface area contributed by atoms with E-state index in [1.807, 2.05) is 0 Å². The van der Waals surface area contributed by atoms with Crippen molar-refractivity contribution in [1.82, 2.24) is 0 Å². The van der Waals surface area contributed by atoms with Gasteiger partial charge in [0.15, 0.2) is 0 Å². The van der Waals surface area contributed by atoms with Gasteiger partial charge in [-0.1, -0.05) is 13.8 Å². The highest BCUT2D eigenvalue weighted by Crippen LogP contribution is 2.56. The third-order valence-corrected chi connectivity index (χ3v) is 2.59. The van der Waals surface area contributed by atoms with Crippen LogP contribution in [0.25, 0.3) is 0 Å². The second kappa shape index (κ2) is 3.21. The summed E-state index contributed by atoms with van der Waals surface area (Å²) in [5.41, 5.74) is 0. The summed E-state index contributed by atoms with van der Waals surface area (Å²) in [6.45, 7) is 3.13. The van der Waals surface area contributed by atoms with Crippen molar-refractivity contribution in [1.29, 1.82) is 0 Å². The van der Waals surface area contributed by atoms with Crippen LogP contribution in [0.1, 0.15) is 26.7 Å². The smallest absolute Gasteiger partial charge is 0.299 e. The lowest BCUT2D eigenvalue weighted by Gasteiger charge is -2.43. The van der Waals surface area contributed by atoms with Gasteiger partial charge < -0.3 is 0 Å². The van der Waals surface area contributed by atoms with Crippen LogP contribution in [0.15, 0.2) is 0 Å². The Morgan fingerprint density at radius 1 is 1.36 bits per heavy atom. The minimum atomic E-state index is -4.00. The van der Waals surface area contributed by atoms with Crippen molar-refractivity contribution in [2.75, 3.05) is 0 Å². The van der Waals surface area contributed by atoms with Crippen LogP contribution >= 0.6 is 0 Å². The van der Waals surface area contributed by atoms with Gasteiger partial charge in [-0.3, -0.25) is 4.79 Å². The predicted octanol–water partition coefficient (Wildman–Crippen LogP) is 2.89.